The molecule has 1 heterocycles. The minimum absolute atomic E-state index is 0.121. The topological polar surface area (TPSA) is 59.0 Å². The second-order valence-corrected chi connectivity index (χ2v) is 5.09. The molecule has 0 radical (unpaired) electrons. The first-order valence-corrected chi connectivity index (χ1v) is 6.95. The van der Waals surface area contributed by atoms with Gasteiger partial charge in [-0.15, -0.1) is 0 Å². The first kappa shape index (κ1) is 15.9. The lowest BCUT2D eigenvalue weighted by Gasteiger charge is -2.13. The van der Waals surface area contributed by atoms with Crippen molar-refractivity contribution in [1.82, 2.24) is 15.1 Å². The van der Waals surface area contributed by atoms with E-state index < -0.39 is 12.5 Å². The maximum Gasteiger partial charge on any atom is 0.319 e. The van der Waals surface area contributed by atoms with E-state index >= 15 is 0 Å². The lowest BCUT2D eigenvalue weighted by Crippen LogP contribution is -2.33. The Morgan fingerprint density at radius 1 is 1.36 bits per heavy atom. The smallest absolute Gasteiger partial charge is 0.319 e. The number of alkyl halides is 2. The zero-order valence-electron chi connectivity index (χ0n) is 12.2. The van der Waals surface area contributed by atoms with Gasteiger partial charge in [-0.3, -0.25) is 4.68 Å². The van der Waals surface area contributed by atoms with Crippen LogP contribution in [0.4, 0.5) is 19.3 Å². The molecular weight excluding hydrogens is 290 g/mol. The van der Waals surface area contributed by atoms with Crippen LogP contribution in [0.15, 0.2) is 42.7 Å². The number of rotatable bonds is 6. The van der Waals surface area contributed by atoms with Crippen molar-refractivity contribution < 1.29 is 13.6 Å². The Labute approximate surface area is 127 Å². The van der Waals surface area contributed by atoms with Gasteiger partial charge < -0.3 is 10.6 Å². The number of nitrogens with zero attached hydrogens (tertiary/aromatic N) is 2. The summed E-state index contributed by atoms with van der Waals surface area (Å²) >= 11 is 0. The summed E-state index contributed by atoms with van der Waals surface area (Å²) in [4.78, 5) is 11.8. The first-order chi connectivity index (χ1) is 10.5. The Morgan fingerprint density at radius 3 is 2.86 bits per heavy atom. The van der Waals surface area contributed by atoms with E-state index in [1.807, 2.05) is 19.2 Å². The number of urea groups is 1. The van der Waals surface area contributed by atoms with Crippen molar-refractivity contribution in [3.8, 4) is 0 Å². The van der Waals surface area contributed by atoms with Crippen LogP contribution in [0.5, 0.6) is 0 Å². The monoisotopic (exact) mass is 308 g/mol. The van der Waals surface area contributed by atoms with Crippen molar-refractivity contribution >= 4 is 11.7 Å². The lowest BCUT2D eigenvalue weighted by atomic mass is 10.2. The van der Waals surface area contributed by atoms with Crippen LogP contribution in [-0.4, -0.2) is 22.4 Å². The number of anilines is 1. The molecule has 7 heteroatoms. The Balaban J connectivity index is 1.79. The summed E-state index contributed by atoms with van der Waals surface area (Å²) in [5, 5.41) is 9.35. The molecule has 0 spiro atoms. The predicted octanol–water partition coefficient (Wildman–Crippen LogP) is 3.28. The number of aromatic nitrogens is 2. The van der Waals surface area contributed by atoms with Gasteiger partial charge in [0, 0.05) is 36.7 Å². The Hall–Kier alpha value is -2.44. The predicted molar refractivity (Wildman–Crippen MR) is 79.8 cm³/mol. The number of benzene rings is 1. The van der Waals surface area contributed by atoms with Crippen molar-refractivity contribution in [3.63, 3.8) is 0 Å². The molecule has 0 bridgehead atoms. The van der Waals surface area contributed by atoms with Crippen LogP contribution in [0, 0.1) is 5.92 Å². The van der Waals surface area contributed by atoms with Crippen LogP contribution in [0.2, 0.25) is 0 Å². The molecule has 22 heavy (non-hydrogen) atoms. The highest BCUT2D eigenvalue weighted by Gasteiger charge is 2.09. The maximum atomic E-state index is 12.6. The normalized spacial score (nSPS) is 12.2. The van der Waals surface area contributed by atoms with Crippen LogP contribution in [0.1, 0.15) is 18.9 Å². The summed E-state index contributed by atoms with van der Waals surface area (Å²) in [6.45, 7) is 3.13. The number of carbonyl (C=O) groups is 1. The fourth-order valence-electron chi connectivity index (χ4n) is 1.99. The van der Waals surface area contributed by atoms with Gasteiger partial charge in [0.15, 0.2) is 0 Å². The van der Waals surface area contributed by atoms with Crippen LogP contribution >= 0.6 is 0 Å². The van der Waals surface area contributed by atoms with Gasteiger partial charge in [-0.05, 0) is 24.1 Å². The summed E-state index contributed by atoms with van der Waals surface area (Å²) in [5.41, 5.74) is 0.222. The lowest BCUT2D eigenvalue weighted by molar-refractivity contribution is 0.151. The molecule has 1 unspecified atom stereocenters. The molecule has 1 aromatic carbocycles. The van der Waals surface area contributed by atoms with E-state index in [2.05, 4.69) is 15.7 Å². The fourth-order valence-corrected chi connectivity index (χ4v) is 1.99. The van der Waals surface area contributed by atoms with E-state index in [9.17, 15) is 13.6 Å². The number of nitrogens with one attached hydrogen (secondary N) is 2. The molecule has 2 rings (SSSR count). The van der Waals surface area contributed by atoms with E-state index in [4.69, 9.17) is 0 Å². The van der Waals surface area contributed by atoms with Crippen molar-refractivity contribution in [2.75, 3.05) is 11.9 Å². The summed E-state index contributed by atoms with van der Waals surface area (Å²) in [6.07, 6.45) is 0.994. The Bertz CT molecular complexity index is 601. The van der Waals surface area contributed by atoms with Gasteiger partial charge in [-0.25, -0.2) is 13.6 Å². The molecule has 0 aliphatic carbocycles. The van der Waals surface area contributed by atoms with Crippen molar-refractivity contribution in [3.05, 3.63) is 48.3 Å². The third-order valence-corrected chi connectivity index (χ3v) is 3.07. The second-order valence-electron chi connectivity index (χ2n) is 5.09. The van der Waals surface area contributed by atoms with E-state index in [1.165, 1.54) is 18.2 Å². The van der Waals surface area contributed by atoms with E-state index in [0.717, 1.165) is 0 Å². The van der Waals surface area contributed by atoms with Crippen LogP contribution < -0.4 is 10.6 Å². The van der Waals surface area contributed by atoms with E-state index in [0.29, 0.717) is 18.8 Å². The zero-order valence-corrected chi connectivity index (χ0v) is 12.2. The van der Waals surface area contributed by atoms with Crippen molar-refractivity contribution in [1.29, 1.82) is 0 Å². The quantitative estimate of drug-likeness (QED) is 0.860. The molecule has 0 aliphatic heterocycles. The molecule has 0 fully saturated rings. The highest BCUT2D eigenvalue weighted by molar-refractivity contribution is 5.89. The molecule has 0 saturated heterocycles. The molecule has 2 aromatic rings. The zero-order chi connectivity index (χ0) is 15.9. The third kappa shape index (κ3) is 4.83. The van der Waals surface area contributed by atoms with Crippen LogP contribution in [0.3, 0.4) is 0 Å². The average molecular weight is 308 g/mol. The SMILES string of the molecule is CC(CNC(=O)Nc1cccc(C(F)F)c1)Cn1cccn1. The minimum Gasteiger partial charge on any atom is -0.338 e. The second kappa shape index (κ2) is 7.53. The highest BCUT2D eigenvalue weighted by atomic mass is 19.3. The summed E-state index contributed by atoms with van der Waals surface area (Å²) < 4.78 is 27.0. The molecule has 2 N–H and O–H groups in total. The summed E-state index contributed by atoms with van der Waals surface area (Å²) in [6, 6.07) is 7.05. The highest BCUT2D eigenvalue weighted by Crippen LogP contribution is 2.21. The molecule has 2 amide bonds. The molecule has 1 atom stereocenters. The van der Waals surface area contributed by atoms with Crippen LogP contribution in [-0.2, 0) is 6.54 Å². The minimum atomic E-state index is -2.56. The van der Waals surface area contributed by atoms with E-state index in [-0.39, 0.29) is 11.5 Å². The van der Waals surface area contributed by atoms with Crippen molar-refractivity contribution in [2.24, 2.45) is 5.92 Å². The maximum absolute atomic E-state index is 12.6. The van der Waals surface area contributed by atoms with Crippen molar-refractivity contribution in [2.45, 2.75) is 19.9 Å². The van der Waals surface area contributed by atoms with Gasteiger partial charge in [0.2, 0.25) is 0 Å². The van der Waals surface area contributed by atoms with Gasteiger partial charge in [-0.1, -0.05) is 19.1 Å². The molecule has 5 nitrogen and oxygen atoms in total. The molecule has 118 valence electrons. The molecule has 0 saturated carbocycles. The number of hydrogen-bond acceptors (Lipinski definition) is 2. The largest absolute Gasteiger partial charge is 0.338 e. The van der Waals surface area contributed by atoms with Crippen LogP contribution in [0.25, 0.3) is 0 Å². The molecule has 1 aromatic heterocycles. The summed E-state index contributed by atoms with van der Waals surface area (Å²) in [7, 11) is 0. The first-order valence-electron chi connectivity index (χ1n) is 6.95. The Morgan fingerprint density at radius 2 is 2.18 bits per heavy atom. The van der Waals surface area contributed by atoms with E-state index in [1.54, 1.807) is 16.9 Å². The Kier molecular flexibility index (Phi) is 5.46. The van der Waals surface area contributed by atoms with Gasteiger partial charge in [0.05, 0.1) is 0 Å². The molecule has 0 aliphatic rings. The van der Waals surface area contributed by atoms with Gasteiger partial charge in [0.25, 0.3) is 6.43 Å². The number of amides is 2. The third-order valence-electron chi connectivity index (χ3n) is 3.07. The van der Waals surface area contributed by atoms with Gasteiger partial charge in [-0.2, -0.15) is 5.10 Å². The van der Waals surface area contributed by atoms with Gasteiger partial charge >= 0.3 is 6.03 Å². The molecular formula is C15H18F2N4O. The number of hydrogen-bond donors (Lipinski definition) is 2. The number of carbonyl (C=O) groups excluding carboxylic acids is 1. The standard InChI is InChI=1S/C15H18F2N4O/c1-11(10-21-7-3-6-19-21)9-18-15(22)20-13-5-2-4-12(8-13)14(16)17/h2-8,11,14H,9-10H2,1H3,(H2,18,20,22). The average Bonchev–Trinajstić information content (AvgIpc) is 2.98. The fraction of sp³-hybridized carbons (Fsp3) is 0.333. The van der Waals surface area contributed by atoms with Gasteiger partial charge in [0.1, 0.15) is 0 Å². The number of halogens is 2. The summed E-state index contributed by atoms with van der Waals surface area (Å²) in [5.74, 6) is 0.193.